The lowest BCUT2D eigenvalue weighted by Crippen LogP contribution is -2.22. The number of ether oxygens (including phenoxy) is 1. The Bertz CT molecular complexity index is 739. The van der Waals surface area contributed by atoms with Gasteiger partial charge in [-0.2, -0.15) is 0 Å². The largest absolute Gasteiger partial charge is 0.426 e. The third-order valence-corrected chi connectivity index (χ3v) is 4.52. The molecule has 0 unspecified atom stereocenters. The second-order valence-corrected chi connectivity index (χ2v) is 6.39. The summed E-state index contributed by atoms with van der Waals surface area (Å²) in [7, 11) is 0. The van der Waals surface area contributed by atoms with Crippen LogP contribution in [0.3, 0.4) is 0 Å². The zero-order chi connectivity index (χ0) is 17.5. The average molecular weight is 334 g/mol. The van der Waals surface area contributed by atoms with Gasteiger partial charge >= 0.3 is 5.97 Å². The molecule has 0 atom stereocenters. The van der Waals surface area contributed by atoms with Crippen molar-refractivity contribution in [3.8, 4) is 5.75 Å². The summed E-state index contributed by atoms with van der Waals surface area (Å²) < 4.78 is 5.47. The molecule has 1 saturated carbocycles. The van der Waals surface area contributed by atoms with Gasteiger partial charge in [0.25, 0.3) is 0 Å². The fourth-order valence-corrected chi connectivity index (χ4v) is 3.06. The van der Waals surface area contributed by atoms with E-state index in [2.05, 4.69) is 0 Å². The van der Waals surface area contributed by atoms with Crippen LogP contribution in [0.25, 0.3) is 6.08 Å². The zero-order valence-corrected chi connectivity index (χ0v) is 14.2. The van der Waals surface area contributed by atoms with Crippen LogP contribution in [-0.2, 0) is 4.79 Å². The van der Waals surface area contributed by atoms with Gasteiger partial charge in [0.2, 0.25) is 0 Å². The first-order valence-corrected chi connectivity index (χ1v) is 8.81. The van der Waals surface area contributed by atoms with Crippen molar-refractivity contribution in [1.29, 1.82) is 0 Å². The second kappa shape index (κ2) is 8.43. The summed E-state index contributed by atoms with van der Waals surface area (Å²) >= 11 is 0. The van der Waals surface area contributed by atoms with Crippen LogP contribution in [0.4, 0.5) is 0 Å². The molecule has 0 bridgehead atoms. The van der Waals surface area contributed by atoms with Crippen LogP contribution in [-0.4, -0.2) is 11.8 Å². The Morgan fingerprint density at radius 1 is 0.880 bits per heavy atom. The highest BCUT2D eigenvalue weighted by molar-refractivity contribution is 6.06. The Labute approximate surface area is 148 Å². The molecule has 2 aromatic rings. The van der Waals surface area contributed by atoms with Crippen molar-refractivity contribution in [2.45, 2.75) is 32.1 Å². The van der Waals surface area contributed by atoms with Gasteiger partial charge in [-0.05, 0) is 36.6 Å². The Kier molecular flexibility index (Phi) is 5.78. The minimum absolute atomic E-state index is 0.0339. The van der Waals surface area contributed by atoms with Gasteiger partial charge in [-0.1, -0.05) is 67.8 Å². The summed E-state index contributed by atoms with van der Waals surface area (Å²) in [6.07, 6.45) is 8.62. The van der Waals surface area contributed by atoms with E-state index in [1.54, 1.807) is 36.4 Å². The van der Waals surface area contributed by atoms with E-state index in [0.717, 1.165) is 31.2 Å². The summed E-state index contributed by atoms with van der Waals surface area (Å²) in [6.45, 7) is 0. The molecule has 0 saturated heterocycles. The molecule has 0 N–H and O–H groups in total. The van der Waals surface area contributed by atoms with E-state index < -0.39 is 0 Å². The number of carbonyl (C=O) groups is 2. The number of allylic oxidation sites excluding steroid dienone is 1. The Hall–Kier alpha value is -2.68. The maximum atomic E-state index is 12.1. The van der Waals surface area contributed by atoms with Gasteiger partial charge in [-0.15, -0.1) is 0 Å². The number of carbonyl (C=O) groups excluding carboxylic acids is 2. The lowest BCUT2D eigenvalue weighted by atomic mass is 9.89. The van der Waals surface area contributed by atoms with Crippen molar-refractivity contribution in [2.75, 3.05) is 0 Å². The molecule has 3 nitrogen and oxygen atoms in total. The Morgan fingerprint density at radius 2 is 1.56 bits per heavy atom. The first kappa shape index (κ1) is 17.2. The van der Waals surface area contributed by atoms with E-state index in [1.165, 1.54) is 6.42 Å². The van der Waals surface area contributed by atoms with E-state index in [1.807, 2.05) is 30.3 Å². The molecule has 1 aliphatic carbocycles. The van der Waals surface area contributed by atoms with E-state index in [4.69, 9.17) is 4.74 Å². The number of esters is 1. The van der Waals surface area contributed by atoms with E-state index in [9.17, 15) is 9.59 Å². The third kappa shape index (κ3) is 4.90. The van der Waals surface area contributed by atoms with Crippen molar-refractivity contribution in [1.82, 2.24) is 0 Å². The fourth-order valence-electron chi connectivity index (χ4n) is 3.06. The molecule has 0 aromatic heterocycles. The van der Waals surface area contributed by atoms with Crippen LogP contribution >= 0.6 is 0 Å². The SMILES string of the molecule is O=C(/C=C/c1ccc(OC(=O)C2CCCCC2)cc1)c1ccccc1. The molecule has 2 aromatic carbocycles. The smallest absolute Gasteiger partial charge is 0.314 e. The Morgan fingerprint density at radius 3 is 2.24 bits per heavy atom. The lowest BCUT2D eigenvalue weighted by Gasteiger charge is -2.19. The highest BCUT2D eigenvalue weighted by Gasteiger charge is 2.22. The topological polar surface area (TPSA) is 43.4 Å². The maximum Gasteiger partial charge on any atom is 0.314 e. The van der Waals surface area contributed by atoms with Crippen molar-refractivity contribution in [3.05, 3.63) is 71.8 Å². The quantitative estimate of drug-likeness (QED) is 0.332. The van der Waals surface area contributed by atoms with Crippen LogP contribution in [0.1, 0.15) is 48.0 Å². The van der Waals surface area contributed by atoms with Gasteiger partial charge in [-0.25, -0.2) is 0 Å². The highest BCUT2D eigenvalue weighted by Crippen LogP contribution is 2.25. The van der Waals surface area contributed by atoms with Crippen molar-refractivity contribution >= 4 is 17.8 Å². The van der Waals surface area contributed by atoms with Gasteiger partial charge in [0, 0.05) is 5.56 Å². The zero-order valence-electron chi connectivity index (χ0n) is 14.2. The molecule has 0 amide bonds. The van der Waals surface area contributed by atoms with E-state index >= 15 is 0 Å². The molecule has 1 fully saturated rings. The highest BCUT2D eigenvalue weighted by atomic mass is 16.5. The third-order valence-electron chi connectivity index (χ3n) is 4.52. The number of ketones is 1. The first-order chi connectivity index (χ1) is 12.2. The van der Waals surface area contributed by atoms with Gasteiger partial charge < -0.3 is 4.74 Å². The second-order valence-electron chi connectivity index (χ2n) is 6.39. The van der Waals surface area contributed by atoms with Crippen LogP contribution in [0, 0.1) is 5.92 Å². The van der Waals surface area contributed by atoms with E-state index in [0.29, 0.717) is 11.3 Å². The minimum atomic E-state index is -0.123. The lowest BCUT2D eigenvalue weighted by molar-refractivity contribution is -0.139. The number of hydrogen-bond donors (Lipinski definition) is 0. The predicted octanol–water partition coefficient (Wildman–Crippen LogP) is 5.07. The summed E-state index contributed by atoms with van der Waals surface area (Å²) in [5, 5.41) is 0. The van der Waals surface area contributed by atoms with Crippen molar-refractivity contribution < 1.29 is 14.3 Å². The van der Waals surface area contributed by atoms with Crippen LogP contribution < -0.4 is 4.74 Å². The van der Waals surface area contributed by atoms with Gasteiger partial charge in [0.1, 0.15) is 5.75 Å². The van der Waals surface area contributed by atoms with Crippen LogP contribution in [0.15, 0.2) is 60.7 Å². The number of hydrogen-bond acceptors (Lipinski definition) is 3. The van der Waals surface area contributed by atoms with Gasteiger partial charge in [-0.3, -0.25) is 9.59 Å². The van der Waals surface area contributed by atoms with Crippen molar-refractivity contribution in [3.63, 3.8) is 0 Å². The molecular formula is C22H22O3. The monoisotopic (exact) mass is 334 g/mol. The molecule has 25 heavy (non-hydrogen) atoms. The number of rotatable bonds is 5. The summed E-state index contributed by atoms with van der Waals surface area (Å²) in [6, 6.07) is 16.4. The van der Waals surface area contributed by atoms with Crippen LogP contribution in [0.2, 0.25) is 0 Å². The summed E-state index contributed by atoms with van der Waals surface area (Å²) in [5.74, 6) is 0.439. The predicted molar refractivity (Wildman–Crippen MR) is 98.5 cm³/mol. The van der Waals surface area contributed by atoms with Gasteiger partial charge in [0.05, 0.1) is 5.92 Å². The van der Waals surface area contributed by atoms with E-state index in [-0.39, 0.29) is 17.7 Å². The molecule has 3 rings (SSSR count). The van der Waals surface area contributed by atoms with Crippen LogP contribution in [0.5, 0.6) is 5.75 Å². The molecule has 0 heterocycles. The molecule has 128 valence electrons. The first-order valence-electron chi connectivity index (χ1n) is 8.81. The maximum absolute atomic E-state index is 12.1. The molecule has 3 heteroatoms. The molecule has 0 aliphatic heterocycles. The summed E-state index contributed by atoms with van der Waals surface area (Å²) in [5.41, 5.74) is 1.55. The number of benzene rings is 2. The fraction of sp³-hybridized carbons (Fsp3) is 0.273. The van der Waals surface area contributed by atoms with Crippen molar-refractivity contribution in [2.24, 2.45) is 5.92 Å². The molecule has 0 spiro atoms. The Balaban J connectivity index is 1.57. The molecule has 1 aliphatic rings. The standard InChI is InChI=1S/C22H22O3/c23-21(18-7-3-1-4-8-18)16-13-17-11-14-20(15-12-17)25-22(24)19-9-5-2-6-10-19/h1,3-4,7-8,11-16,19H,2,5-6,9-10H2/b16-13+. The van der Waals surface area contributed by atoms with Gasteiger partial charge in [0.15, 0.2) is 5.78 Å². The normalized spacial score (nSPS) is 15.2. The average Bonchev–Trinajstić information content (AvgIpc) is 2.68. The molecule has 0 radical (unpaired) electrons. The summed E-state index contributed by atoms with van der Waals surface area (Å²) in [4.78, 5) is 24.2. The minimum Gasteiger partial charge on any atom is -0.426 e. The molecular weight excluding hydrogens is 312 g/mol.